The lowest BCUT2D eigenvalue weighted by Gasteiger charge is -2.34. The predicted molar refractivity (Wildman–Crippen MR) is 134 cm³/mol. The molecule has 1 fully saturated rings. The van der Waals surface area contributed by atoms with E-state index < -0.39 is 0 Å². The van der Waals surface area contributed by atoms with Gasteiger partial charge in [-0.15, -0.1) is 6.58 Å². The second kappa shape index (κ2) is 9.38. The molecule has 33 heavy (non-hydrogen) atoms. The van der Waals surface area contributed by atoms with Crippen LogP contribution in [0.1, 0.15) is 76.2 Å². The number of amides is 1. The number of likely N-dealkylation sites (N-methyl/N-ethyl adjacent to an activating group) is 1. The van der Waals surface area contributed by atoms with E-state index in [4.69, 9.17) is 5.10 Å². The van der Waals surface area contributed by atoms with Crippen molar-refractivity contribution in [3.63, 3.8) is 0 Å². The summed E-state index contributed by atoms with van der Waals surface area (Å²) in [5.74, 6) is 0.691. The fourth-order valence-corrected chi connectivity index (χ4v) is 6.20. The molecule has 3 N–H and O–H groups in total. The van der Waals surface area contributed by atoms with Crippen LogP contribution in [0.2, 0.25) is 0 Å². The molecule has 0 spiro atoms. The molecule has 1 amide bonds. The van der Waals surface area contributed by atoms with Gasteiger partial charge in [-0.05, 0) is 75.8 Å². The van der Waals surface area contributed by atoms with Crippen molar-refractivity contribution in [1.82, 2.24) is 25.7 Å². The Morgan fingerprint density at radius 3 is 2.91 bits per heavy atom. The normalized spacial score (nSPS) is 31.0. The summed E-state index contributed by atoms with van der Waals surface area (Å²) >= 11 is 0. The average Bonchev–Trinajstić information content (AvgIpc) is 3.35. The monoisotopic (exact) mass is 453 g/mol. The van der Waals surface area contributed by atoms with Gasteiger partial charge in [0.15, 0.2) is 0 Å². The minimum Gasteiger partial charge on any atom is -0.339 e. The van der Waals surface area contributed by atoms with E-state index in [1.165, 1.54) is 23.4 Å². The van der Waals surface area contributed by atoms with Crippen LogP contribution in [0, 0.1) is 11.3 Å². The van der Waals surface area contributed by atoms with Crippen molar-refractivity contribution >= 4 is 5.91 Å². The molecule has 0 bridgehead atoms. The molecule has 182 valence electrons. The van der Waals surface area contributed by atoms with Gasteiger partial charge in [-0.25, -0.2) is 0 Å². The number of hydrogen-bond acceptors (Lipinski definition) is 4. The summed E-state index contributed by atoms with van der Waals surface area (Å²) in [7, 11) is 3.89. The van der Waals surface area contributed by atoms with Crippen LogP contribution in [0.15, 0.2) is 24.8 Å². The van der Waals surface area contributed by atoms with Crippen LogP contribution in [0.25, 0.3) is 0 Å². The number of rotatable bonds is 8. The highest BCUT2D eigenvalue weighted by Crippen LogP contribution is 2.44. The molecule has 0 aromatic carbocycles. The molecule has 6 nitrogen and oxygen atoms in total. The van der Waals surface area contributed by atoms with E-state index in [1.807, 2.05) is 25.1 Å². The summed E-state index contributed by atoms with van der Waals surface area (Å²) in [4.78, 5) is 14.9. The minimum absolute atomic E-state index is 0.120. The summed E-state index contributed by atoms with van der Waals surface area (Å²) in [6.07, 6.45) is 14.3. The summed E-state index contributed by atoms with van der Waals surface area (Å²) < 4.78 is 0. The summed E-state index contributed by atoms with van der Waals surface area (Å²) in [5, 5.41) is 15.4. The van der Waals surface area contributed by atoms with Crippen molar-refractivity contribution < 1.29 is 4.79 Å². The molecule has 2 heterocycles. The zero-order valence-corrected chi connectivity index (χ0v) is 21.2. The standard InChI is InChI=1S/C27H43N5O/c1-7-8-9-19(28-5)14-24(33)32(6)20-11-10-18-16-27(4,29-22(18)15-20)25-21-12-13-26(2,3)17-23(21)30-31-25/h7,10-11,18-20,22,28-29H,1,8-9,12-17H2,2-6H3,(H,30,31)/t18?,19?,20?,22?,27-/m1/s1. The van der Waals surface area contributed by atoms with E-state index >= 15 is 0 Å². The molecule has 5 atom stereocenters. The van der Waals surface area contributed by atoms with Gasteiger partial charge in [0.05, 0.1) is 17.3 Å². The second-order valence-corrected chi connectivity index (χ2v) is 11.6. The van der Waals surface area contributed by atoms with Gasteiger partial charge >= 0.3 is 0 Å². The zero-order chi connectivity index (χ0) is 23.8. The second-order valence-electron chi connectivity index (χ2n) is 11.6. The van der Waals surface area contributed by atoms with E-state index in [0.717, 1.165) is 38.5 Å². The Morgan fingerprint density at radius 1 is 1.39 bits per heavy atom. The van der Waals surface area contributed by atoms with Crippen molar-refractivity contribution in [3.05, 3.63) is 41.8 Å². The highest BCUT2D eigenvalue weighted by molar-refractivity contribution is 5.77. The zero-order valence-electron chi connectivity index (χ0n) is 21.2. The van der Waals surface area contributed by atoms with Crippen LogP contribution in [0.4, 0.5) is 0 Å². The number of nitrogens with one attached hydrogen (secondary N) is 3. The van der Waals surface area contributed by atoms with Crippen molar-refractivity contribution in [2.75, 3.05) is 14.1 Å². The Hall–Kier alpha value is -1.92. The summed E-state index contributed by atoms with van der Waals surface area (Å²) in [6.45, 7) is 10.8. The van der Waals surface area contributed by atoms with Crippen molar-refractivity contribution in [2.24, 2.45) is 11.3 Å². The number of aromatic nitrogens is 2. The van der Waals surface area contributed by atoms with Crippen LogP contribution >= 0.6 is 0 Å². The van der Waals surface area contributed by atoms with Crippen molar-refractivity contribution in [1.29, 1.82) is 0 Å². The Morgan fingerprint density at radius 2 is 2.18 bits per heavy atom. The third-order valence-electron chi connectivity index (χ3n) is 8.36. The molecule has 1 aromatic heterocycles. The van der Waals surface area contributed by atoms with Gasteiger partial charge < -0.3 is 15.5 Å². The number of allylic oxidation sites excluding steroid dienone is 1. The van der Waals surface area contributed by atoms with E-state index in [0.29, 0.717) is 23.8 Å². The Labute approximate surface area is 199 Å². The Kier molecular flexibility index (Phi) is 6.88. The van der Waals surface area contributed by atoms with Crippen molar-refractivity contribution in [3.8, 4) is 0 Å². The van der Waals surface area contributed by atoms with Crippen molar-refractivity contribution in [2.45, 2.75) is 95.8 Å². The maximum absolute atomic E-state index is 13.0. The lowest BCUT2D eigenvalue weighted by atomic mass is 9.74. The third kappa shape index (κ3) is 4.97. The number of H-pyrrole nitrogens is 1. The third-order valence-corrected chi connectivity index (χ3v) is 8.36. The molecular formula is C27H43N5O. The van der Waals surface area contributed by atoms with Crippen LogP contribution in [-0.4, -0.2) is 53.2 Å². The first kappa shape index (κ1) is 24.2. The van der Waals surface area contributed by atoms with Gasteiger partial charge in [0, 0.05) is 31.2 Å². The molecule has 2 aliphatic carbocycles. The molecule has 1 saturated heterocycles. The van der Waals surface area contributed by atoms with Crippen LogP contribution in [0.5, 0.6) is 0 Å². The number of carbonyl (C=O) groups excluding carboxylic acids is 1. The van der Waals surface area contributed by atoms with Crippen LogP contribution in [-0.2, 0) is 23.2 Å². The molecule has 4 unspecified atom stereocenters. The van der Waals surface area contributed by atoms with Gasteiger partial charge in [-0.3, -0.25) is 9.89 Å². The van der Waals surface area contributed by atoms with Gasteiger partial charge in [0.25, 0.3) is 0 Å². The van der Waals surface area contributed by atoms with Crippen LogP contribution in [0.3, 0.4) is 0 Å². The number of hydrogen-bond donors (Lipinski definition) is 3. The van der Waals surface area contributed by atoms with E-state index in [9.17, 15) is 4.79 Å². The summed E-state index contributed by atoms with van der Waals surface area (Å²) in [6, 6.07) is 0.704. The van der Waals surface area contributed by atoms with E-state index in [-0.39, 0.29) is 23.5 Å². The van der Waals surface area contributed by atoms with Gasteiger partial charge in [-0.2, -0.15) is 5.10 Å². The van der Waals surface area contributed by atoms with Gasteiger partial charge in [0.2, 0.25) is 5.91 Å². The highest BCUT2D eigenvalue weighted by Gasteiger charge is 2.47. The lowest BCUT2D eigenvalue weighted by Crippen LogP contribution is -2.46. The first-order valence-electron chi connectivity index (χ1n) is 12.7. The van der Waals surface area contributed by atoms with Crippen LogP contribution < -0.4 is 10.6 Å². The molecule has 3 aliphatic rings. The predicted octanol–water partition coefficient (Wildman–Crippen LogP) is 3.85. The van der Waals surface area contributed by atoms with E-state index in [2.05, 4.69) is 55.2 Å². The first-order valence-corrected chi connectivity index (χ1v) is 12.7. The summed E-state index contributed by atoms with van der Waals surface area (Å²) in [5.41, 5.74) is 4.21. The molecule has 0 radical (unpaired) electrons. The maximum atomic E-state index is 13.0. The lowest BCUT2D eigenvalue weighted by molar-refractivity contribution is -0.132. The highest BCUT2D eigenvalue weighted by atomic mass is 16.2. The average molecular weight is 454 g/mol. The Bertz CT molecular complexity index is 902. The maximum Gasteiger partial charge on any atom is 0.224 e. The Balaban J connectivity index is 1.41. The van der Waals surface area contributed by atoms with E-state index in [1.54, 1.807) is 0 Å². The fourth-order valence-electron chi connectivity index (χ4n) is 6.20. The van der Waals surface area contributed by atoms with Gasteiger partial charge in [0.1, 0.15) is 0 Å². The number of aromatic amines is 1. The largest absolute Gasteiger partial charge is 0.339 e. The number of carbonyl (C=O) groups is 1. The SMILES string of the molecule is C=CCCC(CC(=O)N(C)C1C=CC2C[C@](C)(c3n[nH]c4c3CCC(C)(C)C4)NC2C1)NC. The molecule has 0 saturated carbocycles. The fraction of sp³-hybridized carbons (Fsp3) is 0.704. The number of nitrogens with zero attached hydrogens (tertiary/aromatic N) is 2. The molecule has 1 aliphatic heterocycles. The first-order chi connectivity index (χ1) is 15.7. The molecular weight excluding hydrogens is 410 g/mol. The minimum atomic E-state index is -0.120. The quantitative estimate of drug-likeness (QED) is 0.523. The smallest absolute Gasteiger partial charge is 0.224 e. The molecule has 4 rings (SSSR count). The van der Waals surface area contributed by atoms with Gasteiger partial charge in [-0.1, -0.05) is 32.1 Å². The molecule has 6 heteroatoms. The topological polar surface area (TPSA) is 73.0 Å². The number of fused-ring (bicyclic) bond motifs is 2. The molecule has 1 aromatic rings.